The number of ether oxygens (including phenoxy) is 1. The van der Waals surface area contributed by atoms with Gasteiger partial charge in [-0.2, -0.15) is 0 Å². The van der Waals surface area contributed by atoms with Crippen LogP contribution in [0, 0.1) is 6.92 Å². The van der Waals surface area contributed by atoms with E-state index in [-0.39, 0.29) is 23.9 Å². The smallest absolute Gasteiger partial charge is 0.276 e. The highest BCUT2D eigenvalue weighted by Gasteiger charge is 2.45. The molecule has 1 N–H and O–H groups in total. The number of rotatable bonds is 5. The van der Waals surface area contributed by atoms with Gasteiger partial charge in [-0.15, -0.1) is 0 Å². The molecule has 1 saturated heterocycles. The van der Waals surface area contributed by atoms with Gasteiger partial charge in [-0.05, 0) is 12.8 Å². The molecule has 116 valence electrons. The Morgan fingerprint density at radius 3 is 2.90 bits per heavy atom. The lowest BCUT2D eigenvalue weighted by Gasteiger charge is -2.37. The second kappa shape index (κ2) is 6.26. The lowest BCUT2D eigenvalue weighted by atomic mass is 9.92. The summed E-state index contributed by atoms with van der Waals surface area (Å²) in [6.45, 7) is 2.60. The van der Waals surface area contributed by atoms with Gasteiger partial charge in [-0.1, -0.05) is 0 Å². The molecule has 7 nitrogen and oxygen atoms in total. The van der Waals surface area contributed by atoms with Gasteiger partial charge >= 0.3 is 0 Å². The summed E-state index contributed by atoms with van der Waals surface area (Å²) >= 11 is 0. The third-order valence-corrected chi connectivity index (χ3v) is 3.86. The van der Waals surface area contributed by atoms with Gasteiger partial charge in [0.2, 0.25) is 5.91 Å². The van der Waals surface area contributed by atoms with Gasteiger partial charge in [0, 0.05) is 27.6 Å². The number of hydrogen-bond donors (Lipinski definition) is 1. The lowest BCUT2D eigenvalue weighted by Crippen LogP contribution is -2.52. The maximum absolute atomic E-state index is 12.6. The van der Waals surface area contributed by atoms with Crippen LogP contribution in [0.1, 0.15) is 35.6 Å². The first-order valence-electron chi connectivity index (χ1n) is 6.96. The predicted octanol–water partition coefficient (Wildman–Crippen LogP) is 0.740. The summed E-state index contributed by atoms with van der Waals surface area (Å²) in [6.07, 6.45) is 3.15. The van der Waals surface area contributed by atoms with Crippen LogP contribution >= 0.6 is 0 Å². The Morgan fingerprint density at radius 1 is 1.57 bits per heavy atom. The van der Waals surface area contributed by atoms with Gasteiger partial charge < -0.3 is 19.4 Å². The second-order valence-electron chi connectivity index (χ2n) is 5.32. The van der Waals surface area contributed by atoms with Crippen molar-refractivity contribution in [3.8, 4) is 0 Å². The van der Waals surface area contributed by atoms with Gasteiger partial charge in [0.1, 0.15) is 6.26 Å². The third kappa shape index (κ3) is 3.07. The van der Waals surface area contributed by atoms with Crippen molar-refractivity contribution in [3.05, 3.63) is 17.8 Å². The van der Waals surface area contributed by atoms with Gasteiger partial charge in [0.05, 0.1) is 18.6 Å². The number of likely N-dealkylation sites (tertiary alicyclic amines) is 1. The summed E-state index contributed by atoms with van der Waals surface area (Å²) in [5.41, 5.74) is -0.342. The first-order valence-corrected chi connectivity index (χ1v) is 6.96. The maximum atomic E-state index is 12.6. The van der Waals surface area contributed by atoms with E-state index in [1.54, 1.807) is 26.0 Å². The molecule has 1 atom stereocenters. The summed E-state index contributed by atoms with van der Waals surface area (Å²) in [5, 5.41) is 2.61. The number of nitrogens with one attached hydrogen (secondary N) is 1. The van der Waals surface area contributed by atoms with Crippen LogP contribution in [0.15, 0.2) is 10.7 Å². The predicted molar refractivity (Wildman–Crippen MR) is 74.8 cm³/mol. The minimum atomic E-state index is -0.612. The van der Waals surface area contributed by atoms with E-state index in [1.807, 2.05) is 0 Å². The van der Waals surface area contributed by atoms with E-state index < -0.39 is 5.54 Å². The highest BCUT2D eigenvalue weighted by Crippen LogP contribution is 2.34. The Kier molecular flexibility index (Phi) is 4.62. The fourth-order valence-electron chi connectivity index (χ4n) is 2.90. The molecule has 0 bridgehead atoms. The van der Waals surface area contributed by atoms with Crippen LogP contribution in [0.25, 0.3) is 0 Å². The number of nitrogens with zero attached hydrogens (tertiary/aromatic N) is 2. The van der Waals surface area contributed by atoms with Crippen LogP contribution in [0.2, 0.25) is 0 Å². The molecule has 1 fully saturated rings. The quantitative estimate of drug-likeness (QED) is 0.866. The Labute approximate surface area is 123 Å². The lowest BCUT2D eigenvalue weighted by molar-refractivity contribution is -0.123. The molecule has 1 aliphatic rings. The molecule has 21 heavy (non-hydrogen) atoms. The minimum absolute atomic E-state index is 0.108. The average molecular weight is 295 g/mol. The topological polar surface area (TPSA) is 84.7 Å². The maximum Gasteiger partial charge on any atom is 0.276 e. The molecule has 0 aromatic carbocycles. The van der Waals surface area contributed by atoms with Crippen molar-refractivity contribution < 1.29 is 18.7 Å². The van der Waals surface area contributed by atoms with Crippen LogP contribution < -0.4 is 5.32 Å². The van der Waals surface area contributed by atoms with Crippen molar-refractivity contribution in [1.82, 2.24) is 15.2 Å². The Hall–Kier alpha value is -1.89. The molecular formula is C14H21N3O4. The Bertz CT molecular complexity index is 528. The minimum Gasteiger partial charge on any atom is -0.448 e. The summed E-state index contributed by atoms with van der Waals surface area (Å²) in [4.78, 5) is 30.2. The van der Waals surface area contributed by atoms with Crippen molar-refractivity contribution in [1.29, 1.82) is 0 Å². The zero-order valence-corrected chi connectivity index (χ0v) is 12.6. The van der Waals surface area contributed by atoms with E-state index in [0.29, 0.717) is 19.0 Å². The molecule has 1 aliphatic heterocycles. The number of aryl methyl sites for hydroxylation is 1. The summed E-state index contributed by atoms with van der Waals surface area (Å²) < 4.78 is 10.4. The fourth-order valence-corrected chi connectivity index (χ4v) is 2.90. The van der Waals surface area contributed by atoms with E-state index in [9.17, 15) is 9.59 Å². The molecule has 0 saturated carbocycles. The second-order valence-corrected chi connectivity index (χ2v) is 5.32. The zero-order chi connectivity index (χ0) is 15.5. The van der Waals surface area contributed by atoms with Crippen molar-refractivity contribution >= 4 is 11.8 Å². The number of methoxy groups -OCH3 is 1. The highest BCUT2D eigenvalue weighted by molar-refractivity contribution is 5.93. The van der Waals surface area contributed by atoms with Crippen LogP contribution in [0.3, 0.4) is 0 Å². The van der Waals surface area contributed by atoms with E-state index in [4.69, 9.17) is 9.15 Å². The number of carbonyl (C=O) groups is 2. The van der Waals surface area contributed by atoms with Crippen LogP contribution in [0.5, 0.6) is 0 Å². The third-order valence-electron chi connectivity index (χ3n) is 3.86. The molecule has 2 heterocycles. The molecule has 2 rings (SSSR count). The Morgan fingerprint density at radius 2 is 2.33 bits per heavy atom. The van der Waals surface area contributed by atoms with E-state index >= 15 is 0 Å². The first kappa shape index (κ1) is 15.5. The average Bonchev–Trinajstić information content (AvgIpc) is 3.05. The molecular weight excluding hydrogens is 274 g/mol. The zero-order valence-electron chi connectivity index (χ0n) is 12.6. The van der Waals surface area contributed by atoms with Crippen LogP contribution in [-0.4, -0.2) is 54.5 Å². The van der Waals surface area contributed by atoms with E-state index in [0.717, 1.165) is 12.8 Å². The van der Waals surface area contributed by atoms with Gasteiger partial charge in [-0.3, -0.25) is 9.59 Å². The molecule has 0 spiro atoms. The van der Waals surface area contributed by atoms with Crippen molar-refractivity contribution in [3.63, 3.8) is 0 Å². The molecule has 0 radical (unpaired) electrons. The van der Waals surface area contributed by atoms with E-state index in [1.165, 1.54) is 6.26 Å². The molecule has 2 amide bonds. The number of aromatic nitrogens is 1. The fraction of sp³-hybridized carbons (Fsp3) is 0.643. The molecule has 1 aromatic rings. The van der Waals surface area contributed by atoms with Gasteiger partial charge in [0.15, 0.2) is 11.6 Å². The molecule has 1 aromatic heterocycles. The number of hydrogen-bond acceptors (Lipinski definition) is 5. The largest absolute Gasteiger partial charge is 0.448 e. The first-order chi connectivity index (χ1) is 10.0. The number of oxazole rings is 1. The molecule has 0 aliphatic carbocycles. The van der Waals surface area contributed by atoms with Crippen molar-refractivity contribution in [2.75, 3.05) is 27.3 Å². The van der Waals surface area contributed by atoms with Crippen LogP contribution in [0.4, 0.5) is 0 Å². The standard InChI is InChI=1S/C14H21N3O4/c1-10-16-11(8-21-10)13(19)17-6-4-5-14(17,9-20-3)7-12(18)15-2/h8H,4-7,9H2,1-3H3,(H,15,18). The highest BCUT2D eigenvalue weighted by atomic mass is 16.5. The van der Waals surface area contributed by atoms with Gasteiger partial charge in [-0.25, -0.2) is 4.98 Å². The van der Waals surface area contributed by atoms with Crippen LogP contribution in [-0.2, 0) is 9.53 Å². The normalized spacial score (nSPS) is 21.6. The monoisotopic (exact) mass is 295 g/mol. The summed E-state index contributed by atoms with van der Waals surface area (Å²) in [7, 11) is 3.16. The summed E-state index contributed by atoms with van der Waals surface area (Å²) in [5.74, 6) is 0.120. The van der Waals surface area contributed by atoms with Gasteiger partial charge in [0.25, 0.3) is 5.91 Å². The SMILES string of the molecule is CNC(=O)CC1(COC)CCCN1C(=O)c1coc(C)n1. The Balaban J connectivity index is 2.26. The molecule has 7 heteroatoms. The number of amides is 2. The van der Waals surface area contributed by atoms with Crippen molar-refractivity contribution in [2.24, 2.45) is 0 Å². The van der Waals surface area contributed by atoms with Crippen molar-refractivity contribution in [2.45, 2.75) is 31.7 Å². The summed E-state index contributed by atoms with van der Waals surface area (Å²) in [6, 6.07) is 0. The molecule has 1 unspecified atom stereocenters. The number of carbonyl (C=O) groups excluding carboxylic acids is 2. The van der Waals surface area contributed by atoms with E-state index in [2.05, 4.69) is 10.3 Å².